The molecule has 4 heteroatoms. The molecule has 1 amide bonds. The summed E-state index contributed by atoms with van der Waals surface area (Å²) in [6.45, 7) is 3.38. The predicted octanol–water partition coefficient (Wildman–Crippen LogP) is 3.35. The second-order valence-electron chi connectivity index (χ2n) is 5.05. The van der Waals surface area contributed by atoms with Crippen molar-refractivity contribution in [3.63, 3.8) is 0 Å². The molecule has 0 spiro atoms. The Hall–Kier alpha value is -1.68. The highest BCUT2D eigenvalue weighted by Crippen LogP contribution is 2.21. The quantitative estimate of drug-likeness (QED) is 0.803. The molecule has 0 radical (unpaired) electrons. The maximum Gasteiger partial charge on any atom is 0.254 e. The highest BCUT2D eigenvalue weighted by atomic mass is 79.9. The van der Waals surface area contributed by atoms with Crippen LogP contribution in [0.15, 0.2) is 41.0 Å². The van der Waals surface area contributed by atoms with Crippen molar-refractivity contribution in [2.45, 2.75) is 19.9 Å². The molecule has 20 heavy (non-hydrogen) atoms. The van der Waals surface area contributed by atoms with Gasteiger partial charge in [-0.2, -0.15) is 0 Å². The van der Waals surface area contributed by atoms with E-state index in [4.69, 9.17) is 0 Å². The molecule has 2 heterocycles. The van der Waals surface area contributed by atoms with E-state index in [1.807, 2.05) is 42.3 Å². The van der Waals surface area contributed by atoms with Crippen LogP contribution in [-0.2, 0) is 13.0 Å². The molecule has 3 nitrogen and oxygen atoms in total. The number of nitrogens with zero attached hydrogens (tertiary/aromatic N) is 2. The Morgan fingerprint density at radius 1 is 1.35 bits per heavy atom. The first-order valence-corrected chi connectivity index (χ1v) is 7.42. The second kappa shape index (κ2) is 5.37. The van der Waals surface area contributed by atoms with Crippen molar-refractivity contribution in [1.82, 2.24) is 9.88 Å². The van der Waals surface area contributed by atoms with Gasteiger partial charge in [-0.1, -0.05) is 22.0 Å². The topological polar surface area (TPSA) is 33.2 Å². The first-order chi connectivity index (χ1) is 9.65. The normalized spacial score (nSPS) is 14.0. The van der Waals surface area contributed by atoms with Crippen LogP contribution >= 0.6 is 15.9 Å². The number of rotatable bonds is 1. The van der Waals surface area contributed by atoms with E-state index < -0.39 is 0 Å². The summed E-state index contributed by atoms with van der Waals surface area (Å²) in [6, 6.07) is 9.72. The summed E-state index contributed by atoms with van der Waals surface area (Å²) in [5, 5.41) is 0. The van der Waals surface area contributed by atoms with Crippen LogP contribution in [0.1, 0.15) is 27.2 Å². The minimum absolute atomic E-state index is 0.0927. The number of fused-ring (bicyclic) bond motifs is 1. The van der Waals surface area contributed by atoms with Crippen LogP contribution in [-0.4, -0.2) is 22.3 Å². The lowest BCUT2D eigenvalue weighted by molar-refractivity contribution is 0.0733. The molecule has 1 aromatic heterocycles. The summed E-state index contributed by atoms with van der Waals surface area (Å²) in [7, 11) is 0. The van der Waals surface area contributed by atoms with Gasteiger partial charge in [-0.3, -0.25) is 9.78 Å². The average Bonchev–Trinajstić information content (AvgIpc) is 2.49. The molecular weight excluding hydrogens is 316 g/mol. The Morgan fingerprint density at radius 3 is 3.00 bits per heavy atom. The molecule has 0 N–H and O–H groups in total. The predicted molar refractivity (Wildman–Crippen MR) is 81.6 cm³/mol. The summed E-state index contributed by atoms with van der Waals surface area (Å²) < 4.78 is 1.03. The molecule has 1 aliphatic heterocycles. The fraction of sp³-hybridized carbons (Fsp3) is 0.250. The third kappa shape index (κ3) is 2.48. The fourth-order valence-electron chi connectivity index (χ4n) is 2.50. The van der Waals surface area contributed by atoms with Crippen molar-refractivity contribution in [3.05, 3.63) is 63.4 Å². The SMILES string of the molecule is Cc1cc(C(=O)N2CCc3ncccc3C2)ccc1Br. The van der Waals surface area contributed by atoms with E-state index >= 15 is 0 Å². The van der Waals surface area contributed by atoms with Gasteiger partial charge in [0.15, 0.2) is 0 Å². The third-order valence-electron chi connectivity index (χ3n) is 3.66. The first kappa shape index (κ1) is 13.3. The lowest BCUT2D eigenvalue weighted by atomic mass is 10.0. The minimum Gasteiger partial charge on any atom is -0.334 e. The molecule has 1 aromatic carbocycles. The van der Waals surface area contributed by atoms with Crippen LogP contribution in [0.4, 0.5) is 0 Å². The van der Waals surface area contributed by atoms with Gasteiger partial charge in [-0.05, 0) is 42.3 Å². The van der Waals surface area contributed by atoms with Gasteiger partial charge in [0.2, 0.25) is 0 Å². The number of halogens is 1. The van der Waals surface area contributed by atoms with Crippen LogP contribution in [0.3, 0.4) is 0 Å². The van der Waals surface area contributed by atoms with E-state index in [0.717, 1.165) is 39.8 Å². The van der Waals surface area contributed by atoms with Gasteiger partial charge in [0.1, 0.15) is 0 Å². The van der Waals surface area contributed by atoms with E-state index in [1.165, 1.54) is 0 Å². The van der Waals surface area contributed by atoms with Gasteiger partial charge in [0, 0.05) is 41.4 Å². The van der Waals surface area contributed by atoms with Gasteiger partial charge in [0.25, 0.3) is 5.91 Å². The maximum atomic E-state index is 12.6. The third-order valence-corrected chi connectivity index (χ3v) is 4.55. The molecule has 0 fully saturated rings. The van der Waals surface area contributed by atoms with Crippen LogP contribution in [0, 0.1) is 6.92 Å². The zero-order chi connectivity index (χ0) is 14.1. The maximum absolute atomic E-state index is 12.6. The molecule has 0 bridgehead atoms. The van der Waals surface area contributed by atoms with Crippen LogP contribution < -0.4 is 0 Å². The number of pyridine rings is 1. The van der Waals surface area contributed by atoms with Gasteiger partial charge >= 0.3 is 0 Å². The van der Waals surface area contributed by atoms with E-state index in [2.05, 4.69) is 27.0 Å². The zero-order valence-electron chi connectivity index (χ0n) is 11.3. The molecule has 102 valence electrons. The van der Waals surface area contributed by atoms with Crippen molar-refractivity contribution < 1.29 is 4.79 Å². The van der Waals surface area contributed by atoms with Crippen LogP contribution in [0.5, 0.6) is 0 Å². The van der Waals surface area contributed by atoms with Crippen molar-refractivity contribution in [1.29, 1.82) is 0 Å². The Morgan fingerprint density at radius 2 is 2.20 bits per heavy atom. The number of carbonyl (C=O) groups excluding carboxylic acids is 1. The van der Waals surface area contributed by atoms with Gasteiger partial charge in [-0.15, -0.1) is 0 Å². The summed E-state index contributed by atoms with van der Waals surface area (Å²) in [5.74, 6) is 0.0927. The number of aryl methyl sites for hydroxylation is 1. The molecular formula is C16H15BrN2O. The monoisotopic (exact) mass is 330 g/mol. The first-order valence-electron chi connectivity index (χ1n) is 6.63. The molecule has 0 atom stereocenters. The summed E-state index contributed by atoms with van der Waals surface area (Å²) >= 11 is 3.46. The minimum atomic E-state index is 0.0927. The Bertz CT molecular complexity index is 669. The van der Waals surface area contributed by atoms with Crippen molar-refractivity contribution in [2.24, 2.45) is 0 Å². The summed E-state index contributed by atoms with van der Waals surface area (Å²) in [5.41, 5.74) is 4.09. The lowest BCUT2D eigenvalue weighted by Gasteiger charge is -2.28. The number of carbonyl (C=O) groups is 1. The van der Waals surface area contributed by atoms with E-state index in [1.54, 1.807) is 0 Å². The number of hydrogen-bond donors (Lipinski definition) is 0. The van der Waals surface area contributed by atoms with Crippen LogP contribution in [0.2, 0.25) is 0 Å². The van der Waals surface area contributed by atoms with Crippen molar-refractivity contribution >= 4 is 21.8 Å². The zero-order valence-corrected chi connectivity index (χ0v) is 12.9. The van der Waals surface area contributed by atoms with Crippen LogP contribution in [0.25, 0.3) is 0 Å². The van der Waals surface area contributed by atoms with Crippen molar-refractivity contribution in [2.75, 3.05) is 6.54 Å². The summed E-state index contributed by atoms with van der Waals surface area (Å²) in [6.07, 6.45) is 2.64. The van der Waals surface area contributed by atoms with E-state index in [9.17, 15) is 4.79 Å². The molecule has 0 saturated heterocycles. The number of amides is 1. The molecule has 0 saturated carbocycles. The standard InChI is InChI=1S/C16H15BrN2O/c1-11-9-12(4-5-14(11)17)16(20)19-8-6-15-13(10-19)3-2-7-18-15/h2-5,7,9H,6,8,10H2,1H3. The number of aromatic nitrogens is 1. The summed E-state index contributed by atoms with van der Waals surface area (Å²) in [4.78, 5) is 18.8. The molecule has 0 unspecified atom stereocenters. The largest absolute Gasteiger partial charge is 0.334 e. The molecule has 0 aliphatic carbocycles. The van der Waals surface area contributed by atoms with Crippen molar-refractivity contribution in [3.8, 4) is 0 Å². The van der Waals surface area contributed by atoms with Gasteiger partial charge in [0.05, 0.1) is 0 Å². The van der Waals surface area contributed by atoms with Gasteiger partial charge < -0.3 is 4.90 Å². The molecule has 1 aliphatic rings. The Balaban J connectivity index is 1.84. The molecule has 2 aromatic rings. The number of benzene rings is 1. The number of hydrogen-bond acceptors (Lipinski definition) is 2. The lowest BCUT2D eigenvalue weighted by Crippen LogP contribution is -2.36. The smallest absolute Gasteiger partial charge is 0.254 e. The fourth-order valence-corrected chi connectivity index (χ4v) is 2.75. The van der Waals surface area contributed by atoms with Gasteiger partial charge in [-0.25, -0.2) is 0 Å². The highest BCUT2D eigenvalue weighted by molar-refractivity contribution is 9.10. The average molecular weight is 331 g/mol. The second-order valence-corrected chi connectivity index (χ2v) is 5.90. The molecule has 3 rings (SSSR count). The van der Waals surface area contributed by atoms with E-state index in [0.29, 0.717) is 6.54 Å². The Kier molecular flexibility index (Phi) is 3.57. The Labute approximate surface area is 126 Å². The van der Waals surface area contributed by atoms with E-state index in [-0.39, 0.29) is 5.91 Å². The highest BCUT2D eigenvalue weighted by Gasteiger charge is 2.22.